The summed E-state index contributed by atoms with van der Waals surface area (Å²) in [7, 11) is 0. The largest absolute Gasteiger partial charge is 0.321 e. The molecule has 0 bridgehead atoms. The van der Waals surface area contributed by atoms with Crippen molar-refractivity contribution in [2.45, 2.75) is 39.5 Å². The molecule has 0 aliphatic heterocycles. The number of carbonyl (C=O) groups excluding carboxylic acids is 1. The van der Waals surface area contributed by atoms with Gasteiger partial charge in [-0.3, -0.25) is 4.79 Å². The number of halogens is 1. The van der Waals surface area contributed by atoms with E-state index in [-0.39, 0.29) is 5.57 Å². The maximum absolute atomic E-state index is 12.7. The Morgan fingerprint density at radius 2 is 1.91 bits per heavy atom. The lowest BCUT2D eigenvalue weighted by Crippen LogP contribution is -2.13. The van der Waals surface area contributed by atoms with Gasteiger partial charge < -0.3 is 9.88 Å². The second-order valence-electron chi connectivity index (χ2n) is 7.80. The Labute approximate surface area is 196 Å². The SMILES string of the molecule is Cc1cc(/C=C(/C#N)C(=O)Nc2ccc(Cl)cc2)c(C)n1-c1sc2c(c1C#N)CCCC2. The first-order valence-electron chi connectivity index (χ1n) is 10.4. The number of rotatable bonds is 4. The van der Waals surface area contributed by atoms with Crippen molar-refractivity contribution in [2.24, 2.45) is 0 Å². The third kappa shape index (κ3) is 4.08. The Morgan fingerprint density at radius 1 is 1.19 bits per heavy atom. The number of nitriles is 2. The molecule has 1 amide bonds. The molecule has 160 valence electrons. The van der Waals surface area contributed by atoms with E-state index in [1.807, 2.05) is 26.0 Å². The van der Waals surface area contributed by atoms with Crippen LogP contribution in [-0.2, 0) is 17.6 Å². The van der Waals surface area contributed by atoms with E-state index in [1.165, 1.54) is 10.4 Å². The number of aryl methyl sites for hydroxylation is 2. The maximum Gasteiger partial charge on any atom is 0.266 e. The van der Waals surface area contributed by atoms with Crippen LogP contribution in [0.2, 0.25) is 5.02 Å². The number of carbonyl (C=O) groups is 1. The minimum Gasteiger partial charge on any atom is -0.321 e. The van der Waals surface area contributed by atoms with Gasteiger partial charge in [-0.2, -0.15) is 10.5 Å². The zero-order chi connectivity index (χ0) is 22.8. The first kappa shape index (κ1) is 21.9. The fourth-order valence-electron chi connectivity index (χ4n) is 4.11. The van der Waals surface area contributed by atoms with E-state index in [2.05, 4.69) is 16.0 Å². The molecule has 0 saturated heterocycles. The second kappa shape index (κ2) is 9.04. The van der Waals surface area contributed by atoms with Gasteiger partial charge in [-0.05, 0) is 87.1 Å². The van der Waals surface area contributed by atoms with Gasteiger partial charge in [0.25, 0.3) is 5.91 Å². The molecule has 7 heteroatoms. The van der Waals surface area contributed by atoms with Crippen LogP contribution in [-0.4, -0.2) is 10.5 Å². The summed E-state index contributed by atoms with van der Waals surface area (Å²) in [5.41, 5.74) is 5.14. The van der Waals surface area contributed by atoms with Crippen molar-refractivity contribution >= 4 is 40.6 Å². The molecule has 1 aliphatic carbocycles. The van der Waals surface area contributed by atoms with Gasteiger partial charge in [0.05, 0.1) is 5.56 Å². The number of nitrogens with zero attached hydrogens (tertiary/aromatic N) is 3. The number of nitrogens with one attached hydrogen (secondary N) is 1. The molecule has 2 heterocycles. The summed E-state index contributed by atoms with van der Waals surface area (Å²) in [6.45, 7) is 3.93. The minimum absolute atomic E-state index is 0.00572. The Kier molecular flexibility index (Phi) is 6.19. The third-order valence-corrected chi connectivity index (χ3v) is 7.23. The third-order valence-electron chi connectivity index (χ3n) is 5.70. The topological polar surface area (TPSA) is 81.6 Å². The van der Waals surface area contributed by atoms with Crippen LogP contribution >= 0.6 is 22.9 Å². The van der Waals surface area contributed by atoms with E-state index in [9.17, 15) is 15.3 Å². The zero-order valence-electron chi connectivity index (χ0n) is 17.8. The standard InChI is InChI=1S/C25H21ClN4OS/c1-15-11-17(12-18(13-27)24(31)29-20-9-7-19(26)8-10-20)16(2)30(15)25-22(14-28)21-5-3-4-6-23(21)32-25/h7-12H,3-6H2,1-2H3,(H,29,31)/b18-12-. The van der Waals surface area contributed by atoms with E-state index in [0.717, 1.165) is 53.2 Å². The van der Waals surface area contributed by atoms with Crippen molar-refractivity contribution in [3.05, 3.63) is 73.9 Å². The summed E-state index contributed by atoms with van der Waals surface area (Å²) >= 11 is 7.57. The Morgan fingerprint density at radius 3 is 2.59 bits per heavy atom. The van der Waals surface area contributed by atoms with Crippen LogP contribution in [0.3, 0.4) is 0 Å². The van der Waals surface area contributed by atoms with Crippen molar-refractivity contribution < 1.29 is 4.79 Å². The van der Waals surface area contributed by atoms with Gasteiger partial charge in [0.1, 0.15) is 22.7 Å². The van der Waals surface area contributed by atoms with Crippen LogP contribution in [0.1, 0.15) is 45.8 Å². The summed E-state index contributed by atoms with van der Waals surface area (Å²) < 4.78 is 2.07. The molecule has 0 spiro atoms. The fraction of sp³-hybridized carbons (Fsp3) is 0.240. The molecule has 1 N–H and O–H groups in total. The summed E-state index contributed by atoms with van der Waals surface area (Å²) in [4.78, 5) is 14.0. The van der Waals surface area contributed by atoms with Crippen LogP contribution < -0.4 is 5.32 Å². The van der Waals surface area contributed by atoms with Crippen molar-refractivity contribution in [1.29, 1.82) is 10.5 Å². The van der Waals surface area contributed by atoms with Crippen molar-refractivity contribution in [2.75, 3.05) is 5.32 Å². The van der Waals surface area contributed by atoms with Crippen LogP contribution in [0.15, 0.2) is 35.9 Å². The fourth-order valence-corrected chi connectivity index (χ4v) is 5.68. The molecule has 1 aromatic carbocycles. The molecular weight excluding hydrogens is 440 g/mol. The first-order valence-corrected chi connectivity index (χ1v) is 11.5. The minimum atomic E-state index is -0.482. The number of aromatic nitrogens is 1. The highest BCUT2D eigenvalue weighted by Gasteiger charge is 2.24. The van der Waals surface area contributed by atoms with Gasteiger partial charge in [0.15, 0.2) is 0 Å². The molecule has 0 radical (unpaired) electrons. The normalized spacial score (nSPS) is 13.2. The molecule has 1 aliphatic rings. The smallest absolute Gasteiger partial charge is 0.266 e. The quantitative estimate of drug-likeness (QED) is 0.377. The van der Waals surface area contributed by atoms with Crippen LogP contribution in [0, 0.1) is 36.5 Å². The van der Waals surface area contributed by atoms with Gasteiger partial charge in [-0.1, -0.05) is 11.6 Å². The van der Waals surface area contributed by atoms with Gasteiger partial charge in [-0.15, -0.1) is 11.3 Å². The van der Waals surface area contributed by atoms with Crippen LogP contribution in [0.4, 0.5) is 5.69 Å². The number of thiophene rings is 1. The zero-order valence-corrected chi connectivity index (χ0v) is 19.4. The predicted molar refractivity (Wildman–Crippen MR) is 128 cm³/mol. The van der Waals surface area contributed by atoms with Gasteiger partial charge in [0, 0.05) is 27.0 Å². The summed E-state index contributed by atoms with van der Waals surface area (Å²) in [5.74, 6) is -0.482. The van der Waals surface area contributed by atoms with Gasteiger partial charge in [0.2, 0.25) is 0 Å². The van der Waals surface area contributed by atoms with E-state index in [4.69, 9.17) is 11.6 Å². The number of amides is 1. The maximum atomic E-state index is 12.7. The average molecular weight is 461 g/mol. The van der Waals surface area contributed by atoms with Crippen molar-refractivity contribution in [3.8, 4) is 17.1 Å². The van der Waals surface area contributed by atoms with Crippen molar-refractivity contribution in [1.82, 2.24) is 4.57 Å². The predicted octanol–water partition coefficient (Wildman–Crippen LogP) is 6.11. The molecule has 0 unspecified atom stereocenters. The molecular formula is C25H21ClN4OS. The highest BCUT2D eigenvalue weighted by molar-refractivity contribution is 7.15. The van der Waals surface area contributed by atoms with E-state index < -0.39 is 5.91 Å². The number of hydrogen-bond donors (Lipinski definition) is 1. The molecule has 0 fully saturated rings. The van der Waals surface area contributed by atoms with Gasteiger partial charge >= 0.3 is 0 Å². The van der Waals surface area contributed by atoms with Gasteiger partial charge in [-0.25, -0.2) is 0 Å². The monoisotopic (exact) mass is 460 g/mol. The summed E-state index contributed by atoms with van der Waals surface area (Å²) in [6.07, 6.45) is 5.84. The van der Waals surface area contributed by atoms with Crippen molar-refractivity contribution in [3.63, 3.8) is 0 Å². The highest BCUT2D eigenvalue weighted by atomic mass is 35.5. The molecule has 3 aromatic rings. The molecule has 5 nitrogen and oxygen atoms in total. The summed E-state index contributed by atoms with van der Waals surface area (Å²) in [5, 5.41) is 23.7. The Hall–Kier alpha value is -3.32. The summed E-state index contributed by atoms with van der Waals surface area (Å²) in [6, 6.07) is 13.1. The molecule has 4 rings (SSSR count). The van der Waals surface area contributed by atoms with E-state index in [0.29, 0.717) is 10.7 Å². The van der Waals surface area contributed by atoms with Crippen LogP contribution in [0.25, 0.3) is 11.1 Å². The van der Waals surface area contributed by atoms with E-state index >= 15 is 0 Å². The average Bonchev–Trinajstić information content (AvgIpc) is 3.28. The first-order chi connectivity index (χ1) is 15.4. The highest BCUT2D eigenvalue weighted by Crippen LogP contribution is 2.38. The second-order valence-corrected chi connectivity index (χ2v) is 9.32. The lowest BCUT2D eigenvalue weighted by atomic mass is 9.96. The molecule has 0 atom stereocenters. The lowest BCUT2D eigenvalue weighted by molar-refractivity contribution is -0.112. The number of anilines is 1. The molecule has 32 heavy (non-hydrogen) atoms. The van der Waals surface area contributed by atoms with Crippen LogP contribution in [0.5, 0.6) is 0 Å². The molecule has 2 aromatic heterocycles. The number of benzene rings is 1. The molecule has 0 saturated carbocycles. The Bertz CT molecular complexity index is 1320. The van der Waals surface area contributed by atoms with E-state index in [1.54, 1.807) is 41.7 Å². The number of fused-ring (bicyclic) bond motifs is 1. The lowest BCUT2D eigenvalue weighted by Gasteiger charge is -2.10. The Balaban J connectivity index is 1.70. The number of hydrogen-bond acceptors (Lipinski definition) is 4.